The van der Waals surface area contributed by atoms with Crippen LogP contribution in [-0.2, 0) is 11.3 Å². The standard InChI is InChI=1S/C11H17N5O3/c1-7-2-3-12-9(7)10(17)13-4-5-16-6-8(11(18)19)14-15-16/h6-7,9,12H,2-5H2,1H3,(H,13,17)(H,18,19). The molecule has 1 aliphatic heterocycles. The summed E-state index contributed by atoms with van der Waals surface area (Å²) in [6.07, 6.45) is 2.34. The quantitative estimate of drug-likeness (QED) is 0.637. The molecule has 2 unspecified atom stereocenters. The van der Waals surface area contributed by atoms with Gasteiger partial charge in [0.2, 0.25) is 5.91 Å². The second-order valence-electron chi connectivity index (χ2n) is 4.66. The van der Waals surface area contributed by atoms with Gasteiger partial charge in [0.25, 0.3) is 0 Å². The van der Waals surface area contributed by atoms with Crippen molar-refractivity contribution in [2.75, 3.05) is 13.1 Å². The fraction of sp³-hybridized carbons (Fsp3) is 0.636. The van der Waals surface area contributed by atoms with Crippen molar-refractivity contribution < 1.29 is 14.7 Å². The summed E-state index contributed by atoms with van der Waals surface area (Å²) in [5.41, 5.74) is -0.0996. The number of carboxylic acid groups (broad SMARTS) is 1. The molecule has 8 nitrogen and oxygen atoms in total. The second-order valence-corrected chi connectivity index (χ2v) is 4.66. The van der Waals surface area contributed by atoms with Gasteiger partial charge in [0.15, 0.2) is 5.69 Å². The molecule has 104 valence electrons. The highest BCUT2D eigenvalue weighted by molar-refractivity contribution is 5.84. The third-order valence-corrected chi connectivity index (χ3v) is 3.21. The first-order valence-corrected chi connectivity index (χ1v) is 6.22. The fourth-order valence-corrected chi connectivity index (χ4v) is 2.09. The Labute approximate surface area is 110 Å². The van der Waals surface area contributed by atoms with Crippen molar-refractivity contribution in [3.05, 3.63) is 11.9 Å². The van der Waals surface area contributed by atoms with Crippen LogP contribution in [0.5, 0.6) is 0 Å². The predicted molar refractivity (Wildman–Crippen MR) is 65.6 cm³/mol. The number of nitrogens with zero attached hydrogens (tertiary/aromatic N) is 3. The van der Waals surface area contributed by atoms with Crippen molar-refractivity contribution in [3.8, 4) is 0 Å². The van der Waals surface area contributed by atoms with Crippen LogP contribution < -0.4 is 10.6 Å². The molecule has 0 bridgehead atoms. The van der Waals surface area contributed by atoms with E-state index in [0.717, 1.165) is 13.0 Å². The Bertz CT molecular complexity index is 473. The van der Waals surface area contributed by atoms with Gasteiger partial charge in [-0.2, -0.15) is 0 Å². The van der Waals surface area contributed by atoms with E-state index in [-0.39, 0.29) is 17.6 Å². The maximum atomic E-state index is 11.8. The molecule has 1 saturated heterocycles. The highest BCUT2D eigenvalue weighted by Crippen LogP contribution is 2.13. The SMILES string of the molecule is CC1CCNC1C(=O)NCCn1cc(C(=O)O)nn1. The third-order valence-electron chi connectivity index (χ3n) is 3.21. The van der Waals surface area contributed by atoms with Crippen molar-refractivity contribution in [2.24, 2.45) is 5.92 Å². The van der Waals surface area contributed by atoms with Gasteiger partial charge in [0.1, 0.15) is 0 Å². The number of aromatic carboxylic acids is 1. The summed E-state index contributed by atoms with van der Waals surface area (Å²) in [7, 11) is 0. The Hall–Kier alpha value is -1.96. The highest BCUT2D eigenvalue weighted by Gasteiger charge is 2.28. The van der Waals surface area contributed by atoms with Gasteiger partial charge in [-0.1, -0.05) is 12.1 Å². The van der Waals surface area contributed by atoms with Crippen LogP contribution in [0.3, 0.4) is 0 Å². The molecule has 0 aliphatic carbocycles. The number of carbonyl (C=O) groups excluding carboxylic acids is 1. The number of hydrogen-bond donors (Lipinski definition) is 3. The average Bonchev–Trinajstić information content (AvgIpc) is 2.97. The monoisotopic (exact) mass is 267 g/mol. The molecule has 1 aliphatic rings. The summed E-state index contributed by atoms with van der Waals surface area (Å²) in [4.78, 5) is 22.5. The topological polar surface area (TPSA) is 109 Å². The molecule has 2 atom stereocenters. The summed E-state index contributed by atoms with van der Waals surface area (Å²) in [5.74, 6) is -0.798. The molecule has 0 spiro atoms. The third kappa shape index (κ3) is 3.28. The van der Waals surface area contributed by atoms with Gasteiger partial charge in [0, 0.05) is 6.54 Å². The molecule has 1 fully saturated rings. The van der Waals surface area contributed by atoms with Crippen LogP contribution in [0.4, 0.5) is 0 Å². The van der Waals surface area contributed by atoms with Crippen LogP contribution >= 0.6 is 0 Å². The number of carboxylic acids is 1. The van der Waals surface area contributed by atoms with Crippen LogP contribution in [-0.4, -0.2) is 51.1 Å². The molecule has 3 N–H and O–H groups in total. The molecule has 2 rings (SSSR count). The van der Waals surface area contributed by atoms with Crippen LogP contribution in [0.15, 0.2) is 6.20 Å². The zero-order valence-electron chi connectivity index (χ0n) is 10.7. The first kappa shape index (κ1) is 13.5. The van der Waals surface area contributed by atoms with Crippen molar-refractivity contribution in [1.82, 2.24) is 25.6 Å². The Morgan fingerprint density at radius 2 is 2.42 bits per heavy atom. The fourth-order valence-electron chi connectivity index (χ4n) is 2.09. The molecule has 0 aromatic carbocycles. The van der Waals surface area contributed by atoms with Crippen molar-refractivity contribution in [1.29, 1.82) is 0 Å². The first-order valence-electron chi connectivity index (χ1n) is 6.22. The van der Waals surface area contributed by atoms with Crippen molar-refractivity contribution >= 4 is 11.9 Å². The van der Waals surface area contributed by atoms with E-state index in [1.165, 1.54) is 10.9 Å². The van der Waals surface area contributed by atoms with E-state index in [2.05, 4.69) is 20.9 Å². The normalized spacial score (nSPS) is 22.4. The molecule has 0 saturated carbocycles. The van der Waals surface area contributed by atoms with Gasteiger partial charge in [0.05, 0.1) is 18.8 Å². The molecule has 1 amide bonds. The first-order chi connectivity index (χ1) is 9.08. The van der Waals surface area contributed by atoms with Crippen molar-refractivity contribution in [2.45, 2.75) is 25.9 Å². The van der Waals surface area contributed by atoms with E-state index in [1.807, 2.05) is 6.92 Å². The lowest BCUT2D eigenvalue weighted by molar-refractivity contribution is -0.123. The zero-order valence-corrected chi connectivity index (χ0v) is 10.7. The molecule has 0 radical (unpaired) electrons. The minimum Gasteiger partial charge on any atom is -0.476 e. The maximum absolute atomic E-state index is 11.8. The van der Waals surface area contributed by atoms with E-state index in [0.29, 0.717) is 19.0 Å². The van der Waals surface area contributed by atoms with E-state index in [4.69, 9.17) is 5.11 Å². The van der Waals surface area contributed by atoms with Gasteiger partial charge in [-0.15, -0.1) is 5.10 Å². The lowest BCUT2D eigenvalue weighted by atomic mass is 10.0. The summed E-state index contributed by atoms with van der Waals surface area (Å²) >= 11 is 0. The second kappa shape index (κ2) is 5.79. The van der Waals surface area contributed by atoms with Gasteiger partial charge in [-0.3, -0.25) is 4.79 Å². The number of rotatable bonds is 5. The molecule has 1 aromatic heterocycles. The number of carbonyl (C=O) groups is 2. The highest BCUT2D eigenvalue weighted by atomic mass is 16.4. The number of hydrogen-bond acceptors (Lipinski definition) is 5. The zero-order chi connectivity index (χ0) is 13.8. The molecule has 8 heteroatoms. The number of nitrogens with one attached hydrogen (secondary N) is 2. The Morgan fingerprint density at radius 3 is 3.00 bits per heavy atom. The molecular weight excluding hydrogens is 250 g/mol. The summed E-state index contributed by atoms with van der Waals surface area (Å²) < 4.78 is 1.40. The van der Waals surface area contributed by atoms with E-state index >= 15 is 0 Å². The minimum absolute atomic E-state index is 0.0245. The minimum atomic E-state index is -1.11. The van der Waals surface area contributed by atoms with Crippen LogP contribution in [0.2, 0.25) is 0 Å². The lowest BCUT2D eigenvalue weighted by Crippen LogP contribution is -2.44. The largest absolute Gasteiger partial charge is 0.476 e. The molecule has 19 heavy (non-hydrogen) atoms. The van der Waals surface area contributed by atoms with Gasteiger partial charge in [-0.25, -0.2) is 9.48 Å². The Morgan fingerprint density at radius 1 is 1.63 bits per heavy atom. The summed E-state index contributed by atoms with van der Waals surface area (Å²) in [6, 6.07) is -0.134. The number of amides is 1. The van der Waals surface area contributed by atoms with E-state index in [1.54, 1.807) is 0 Å². The molecular formula is C11H17N5O3. The smallest absolute Gasteiger partial charge is 0.358 e. The summed E-state index contributed by atoms with van der Waals surface area (Å²) in [5, 5.41) is 21.8. The van der Waals surface area contributed by atoms with Gasteiger partial charge < -0.3 is 15.7 Å². The average molecular weight is 267 g/mol. The van der Waals surface area contributed by atoms with Crippen LogP contribution in [0.1, 0.15) is 23.8 Å². The van der Waals surface area contributed by atoms with Crippen LogP contribution in [0, 0.1) is 5.92 Å². The van der Waals surface area contributed by atoms with E-state index in [9.17, 15) is 9.59 Å². The van der Waals surface area contributed by atoms with Crippen LogP contribution in [0.25, 0.3) is 0 Å². The summed E-state index contributed by atoms with van der Waals surface area (Å²) in [6.45, 7) is 3.70. The predicted octanol–water partition coefficient (Wildman–Crippen LogP) is -0.909. The molecule has 2 heterocycles. The molecule has 1 aromatic rings. The maximum Gasteiger partial charge on any atom is 0.358 e. The number of aromatic nitrogens is 3. The van der Waals surface area contributed by atoms with Gasteiger partial charge >= 0.3 is 5.97 Å². The van der Waals surface area contributed by atoms with Crippen molar-refractivity contribution in [3.63, 3.8) is 0 Å². The Kier molecular flexibility index (Phi) is 4.10. The Balaban J connectivity index is 1.76. The lowest BCUT2D eigenvalue weighted by Gasteiger charge is -2.15. The van der Waals surface area contributed by atoms with E-state index < -0.39 is 5.97 Å². The van der Waals surface area contributed by atoms with Gasteiger partial charge in [-0.05, 0) is 18.9 Å².